The average molecular weight is 397 g/mol. The molecule has 0 aliphatic rings. The Morgan fingerprint density at radius 2 is 1.96 bits per heavy atom. The quantitative estimate of drug-likeness (QED) is 0.468. The van der Waals surface area contributed by atoms with Crippen LogP contribution >= 0.6 is 11.6 Å². The summed E-state index contributed by atoms with van der Waals surface area (Å²) in [5, 5.41) is 4.59. The number of nitrogens with one attached hydrogen (secondary N) is 1. The Morgan fingerprint density at radius 1 is 1.14 bits per heavy atom. The van der Waals surface area contributed by atoms with Crippen LogP contribution in [0.25, 0.3) is 11.3 Å². The number of amides is 1. The molecule has 0 aliphatic heterocycles. The van der Waals surface area contributed by atoms with Crippen molar-refractivity contribution >= 4 is 23.7 Å². The lowest BCUT2D eigenvalue weighted by Gasteiger charge is -2.09. The molecule has 0 unspecified atom stereocenters. The molecule has 0 bridgehead atoms. The van der Waals surface area contributed by atoms with Gasteiger partial charge in [-0.1, -0.05) is 35.9 Å². The first-order valence-corrected chi connectivity index (χ1v) is 9.19. The number of rotatable bonds is 6. The Balaban J connectivity index is 1.54. The van der Waals surface area contributed by atoms with E-state index in [4.69, 9.17) is 20.8 Å². The van der Waals surface area contributed by atoms with E-state index >= 15 is 0 Å². The summed E-state index contributed by atoms with van der Waals surface area (Å²) in [6, 6.07) is 15.0. The summed E-state index contributed by atoms with van der Waals surface area (Å²) in [6.07, 6.45) is 1.44. The van der Waals surface area contributed by atoms with Crippen molar-refractivity contribution in [1.29, 1.82) is 0 Å². The SMILES string of the molecule is Cc1ccc(-c2ccc(/C=N/NC(=O)COc3cccc(C)c3C)o2)cc1Cl. The van der Waals surface area contributed by atoms with Crippen molar-refractivity contribution in [2.75, 3.05) is 6.61 Å². The Kier molecular flexibility index (Phi) is 6.16. The molecule has 5 nitrogen and oxygen atoms in total. The minimum Gasteiger partial charge on any atom is -0.483 e. The Hall–Kier alpha value is -3.05. The number of ether oxygens (including phenoxy) is 1. The van der Waals surface area contributed by atoms with Crippen LogP contribution in [0.1, 0.15) is 22.5 Å². The first-order valence-electron chi connectivity index (χ1n) is 8.81. The number of halogens is 1. The van der Waals surface area contributed by atoms with Gasteiger partial charge >= 0.3 is 0 Å². The van der Waals surface area contributed by atoms with Gasteiger partial charge in [-0.15, -0.1) is 0 Å². The first kappa shape index (κ1) is 19.7. The maximum Gasteiger partial charge on any atom is 0.277 e. The zero-order valence-electron chi connectivity index (χ0n) is 16.0. The van der Waals surface area contributed by atoms with Crippen LogP contribution in [-0.4, -0.2) is 18.7 Å². The van der Waals surface area contributed by atoms with E-state index in [1.54, 1.807) is 6.07 Å². The van der Waals surface area contributed by atoms with Gasteiger partial charge in [0, 0.05) is 10.6 Å². The number of furan rings is 1. The predicted molar refractivity (Wildman–Crippen MR) is 111 cm³/mol. The third-order valence-corrected chi connectivity index (χ3v) is 4.79. The van der Waals surface area contributed by atoms with Gasteiger partial charge in [-0.3, -0.25) is 4.79 Å². The molecular weight excluding hydrogens is 376 g/mol. The molecule has 3 aromatic rings. The second-order valence-corrected chi connectivity index (χ2v) is 6.85. The molecule has 3 rings (SSSR count). The van der Waals surface area contributed by atoms with Crippen LogP contribution in [0.2, 0.25) is 5.02 Å². The third kappa shape index (κ3) is 4.81. The molecule has 1 heterocycles. The van der Waals surface area contributed by atoms with Gasteiger partial charge in [0.25, 0.3) is 5.91 Å². The fourth-order valence-electron chi connectivity index (χ4n) is 2.55. The number of hydrogen-bond donors (Lipinski definition) is 1. The highest BCUT2D eigenvalue weighted by Gasteiger charge is 2.07. The van der Waals surface area contributed by atoms with E-state index in [0.717, 1.165) is 22.3 Å². The van der Waals surface area contributed by atoms with E-state index in [2.05, 4.69) is 10.5 Å². The molecule has 0 spiro atoms. The highest BCUT2D eigenvalue weighted by molar-refractivity contribution is 6.31. The molecule has 28 heavy (non-hydrogen) atoms. The number of benzene rings is 2. The zero-order valence-corrected chi connectivity index (χ0v) is 16.7. The second-order valence-electron chi connectivity index (χ2n) is 6.45. The fourth-order valence-corrected chi connectivity index (χ4v) is 2.73. The Bertz CT molecular complexity index is 1020. The summed E-state index contributed by atoms with van der Waals surface area (Å²) in [5.41, 5.74) is 6.43. The maximum atomic E-state index is 11.9. The third-order valence-electron chi connectivity index (χ3n) is 4.38. The molecule has 0 saturated heterocycles. The normalized spacial score (nSPS) is 11.0. The van der Waals surface area contributed by atoms with E-state index < -0.39 is 0 Å². The summed E-state index contributed by atoms with van der Waals surface area (Å²) in [6.45, 7) is 5.77. The molecule has 0 radical (unpaired) electrons. The van der Waals surface area contributed by atoms with Crippen molar-refractivity contribution in [2.24, 2.45) is 5.10 Å². The predicted octanol–water partition coefficient (Wildman–Crippen LogP) is 5.05. The van der Waals surface area contributed by atoms with E-state index in [0.29, 0.717) is 22.3 Å². The van der Waals surface area contributed by atoms with E-state index in [1.165, 1.54) is 6.21 Å². The molecule has 0 aliphatic carbocycles. The smallest absolute Gasteiger partial charge is 0.277 e. The highest BCUT2D eigenvalue weighted by Crippen LogP contribution is 2.26. The van der Waals surface area contributed by atoms with Gasteiger partial charge in [-0.25, -0.2) is 5.43 Å². The lowest BCUT2D eigenvalue weighted by atomic mass is 10.1. The first-order chi connectivity index (χ1) is 13.4. The molecule has 2 aromatic carbocycles. The van der Waals surface area contributed by atoms with Crippen molar-refractivity contribution in [3.05, 3.63) is 76.0 Å². The average Bonchev–Trinajstić information content (AvgIpc) is 3.14. The molecule has 0 atom stereocenters. The zero-order chi connectivity index (χ0) is 20.1. The van der Waals surface area contributed by atoms with Gasteiger partial charge < -0.3 is 9.15 Å². The lowest BCUT2D eigenvalue weighted by molar-refractivity contribution is -0.123. The van der Waals surface area contributed by atoms with Crippen LogP contribution in [0.5, 0.6) is 5.75 Å². The van der Waals surface area contributed by atoms with Gasteiger partial charge in [-0.05, 0) is 61.7 Å². The lowest BCUT2D eigenvalue weighted by Crippen LogP contribution is -2.24. The van der Waals surface area contributed by atoms with Crippen molar-refractivity contribution in [2.45, 2.75) is 20.8 Å². The van der Waals surface area contributed by atoms with Crippen LogP contribution in [0.4, 0.5) is 0 Å². The van der Waals surface area contributed by atoms with Crippen molar-refractivity contribution < 1.29 is 13.9 Å². The van der Waals surface area contributed by atoms with Crippen molar-refractivity contribution in [3.8, 4) is 17.1 Å². The van der Waals surface area contributed by atoms with Gasteiger partial charge in [0.05, 0.1) is 6.21 Å². The number of aryl methyl sites for hydroxylation is 2. The van der Waals surface area contributed by atoms with Gasteiger partial charge in [-0.2, -0.15) is 5.10 Å². The van der Waals surface area contributed by atoms with E-state index in [-0.39, 0.29) is 12.5 Å². The topological polar surface area (TPSA) is 63.8 Å². The standard InChI is InChI=1S/C22H21ClN2O3/c1-14-5-4-6-20(16(14)3)27-13-22(26)25-24-12-18-9-10-21(28-18)17-8-7-15(2)19(23)11-17/h4-12H,13H2,1-3H3,(H,25,26)/b24-12+. The molecule has 144 valence electrons. The largest absolute Gasteiger partial charge is 0.483 e. The fraction of sp³-hybridized carbons (Fsp3) is 0.182. The highest BCUT2D eigenvalue weighted by atomic mass is 35.5. The van der Waals surface area contributed by atoms with Crippen molar-refractivity contribution in [3.63, 3.8) is 0 Å². The van der Waals surface area contributed by atoms with Crippen LogP contribution < -0.4 is 10.2 Å². The second kappa shape index (κ2) is 8.76. The van der Waals surface area contributed by atoms with Crippen LogP contribution in [-0.2, 0) is 4.79 Å². The van der Waals surface area contributed by atoms with Gasteiger partial charge in [0.1, 0.15) is 17.3 Å². The molecule has 1 aromatic heterocycles. The summed E-state index contributed by atoms with van der Waals surface area (Å²) >= 11 is 6.15. The summed E-state index contributed by atoms with van der Waals surface area (Å²) in [4.78, 5) is 11.9. The summed E-state index contributed by atoms with van der Waals surface area (Å²) in [5.74, 6) is 1.52. The molecule has 1 amide bonds. The Morgan fingerprint density at radius 3 is 2.75 bits per heavy atom. The molecule has 0 saturated carbocycles. The van der Waals surface area contributed by atoms with Gasteiger partial charge in [0.2, 0.25) is 0 Å². The van der Waals surface area contributed by atoms with Crippen LogP contribution in [0.3, 0.4) is 0 Å². The maximum absolute atomic E-state index is 11.9. The number of nitrogens with zero attached hydrogens (tertiary/aromatic N) is 1. The van der Waals surface area contributed by atoms with Crippen LogP contribution in [0, 0.1) is 20.8 Å². The Labute approximate surface area is 169 Å². The monoisotopic (exact) mass is 396 g/mol. The van der Waals surface area contributed by atoms with E-state index in [9.17, 15) is 4.79 Å². The number of carbonyl (C=O) groups is 1. The summed E-state index contributed by atoms with van der Waals surface area (Å²) in [7, 11) is 0. The number of hydrogen-bond acceptors (Lipinski definition) is 4. The minimum atomic E-state index is -0.353. The van der Waals surface area contributed by atoms with E-state index in [1.807, 2.05) is 63.2 Å². The molecule has 1 N–H and O–H groups in total. The number of carbonyl (C=O) groups excluding carboxylic acids is 1. The molecule has 0 fully saturated rings. The van der Waals surface area contributed by atoms with Gasteiger partial charge in [0.15, 0.2) is 6.61 Å². The summed E-state index contributed by atoms with van der Waals surface area (Å²) < 4.78 is 11.3. The number of hydrazone groups is 1. The molecule has 6 heteroatoms. The van der Waals surface area contributed by atoms with Crippen molar-refractivity contribution in [1.82, 2.24) is 5.43 Å². The molecular formula is C22H21ClN2O3. The van der Waals surface area contributed by atoms with Crippen LogP contribution in [0.15, 0.2) is 58.0 Å². The minimum absolute atomic E-state index is 0.118.